The number of rotatable bonds is 3. The molecular formula is C18H28ClN3O3S. The smallest absolute Gasteiger partial charge is 0.243 e. The minimum Gasteiger partial charge on any atom is -0.339 e. The number of sulfonamides is 1. The number of hydrogen-bond acceptors (Lipinski definition) is 4. The number of piperidine rings is 1. The lowest BCUT2D eigenvalue weighted by atomic mass is 10.0. The van der Waals surface area contributed by atoms with E-state index in [1.807, 2.05) is 19.9 Å². The second kappa shape index (κ2) is 8.69. The Balaban J connectivity index is 0.00000243. The largest absolute Gasteiger partial charge is 0.339 e. The van der Waals surface area contributed by atoms with Crippen LogP contribution in [0.3, 0.4) is 0 Å². The predicted molar refractivity (Wildman–Crippen MR) is 104 cm³/mol. The van der Waals surface area contributed by atoms with Crippen molar-refractivity contribution in [2.75, 3.05) is 32.7 Å². The molecule has 26 heavy (non-hydrogen) atoms. The first-order chi connectivity index (χ1) is 11.9. The zero-order valence-corrected chi connectivity index (χ0v) is 17.0. The maximum absolute atomic E-state index is 12.8. The van der Waals surface area contributed by atoms with Crippen LogP contribution in [0.4, 0.5) is 0 Å². The molecule has 0 saturated carbocycles. The number of nitrogens with zero attached hydrogens (tertiary/aromatic N) is 2. The van der Waals surface area contributed by atoms with Crippen molar-refractivity contribution >= 4 is 28.3 Å². The molecule has 1 unspecified atom stereocenters. The molecule has 6 nitrogen and oxygen atoms in total. The number of carbonyl (C=O) groups is 1. The van der Waals surface area contributed by atoms with Gasteiger partial charge in [-0.25, -0.2) is 8.42 Å². The van der Waals surface area contributed by atoms with E-state index in [0.29, 0.717) is 31.1 Å². The molecule has 2 aliphatic rings. The summed E-state index contributed by atoms with van der Waals surface area (Å²) in [5, 5.41) is 3.27. The van der Waals surface area contributed by atoms with E-state index >= 15 is 0 Å². The molecule has 2 fully saturated rings. The average Bonchev–Trinajstić information content (AvgIpc) is 2.64. The summed E-state index contributed by atoms with van der Waals surface area (Å²) in [6, 6.07) is 5.14. The summed E-state index contributed by atoms with van der Waals surface area (Å²) in [6.07, 6.45) is 3.07. The molecule has 1 amide bonds. The first-order valence-electron chi connectivity index (χ1n) is 8.99. The maximum Gasteiger partial charge on any atom is 0.243 e. The topological polar surface area (TPSA) is 69.7 Å². The lowest BCUT2D eigenvalue weighted by Crippen LogP contribution is -2.55. The second-order valence-corrected chi connectivity index (χ2v) is 8.92. The van der Waals surface area contributed by atoms with Crippen molar-refractivity contribution in [1.29, 1.82) is 0 Å². The number of halogens is 1. The highest BCUT2D eigenvalue weighted by Gasteiger charge is 2.32. The number of piperazine rings is 1. The monoisotopic (exact) mass is 401 g/mol. The predicted octanol–water partition coefficient (Wildman–Crippen LogP) is 1.70. The standard InChI is InChI=1S/C18H27N3O3S.ClH/c1-14-6-7-16(13-15(14)2)25(23,24)21-11-9-20(10-12-21)18(22)17-5-3-4-8-19-17;/h6-7,13,17,19H,3-5,8-12H2,1-2H3;1H. The van der Waals surface area contributed by atoms with E-state index in [4.69, 9.17) is 0 Å². The molecule has 8 heteroatoms. The molecule has 0 radical (unpaired) electrons. The van der Waals surface area contributed by atoms with Gasteiger partial charge in [-0.2, -0.15) is 4.31 Å². The van der Waals surface area contributed by atoms with Crippen LogP contribution in [0.15, 0.2) is 23.1 Å². The lowest BCUT2D eigenvalue weighted by Gasteiger charge is -2.36. The van der Waals surface area contributed by atoms with Crippen LogP contribution >= 0.6 is 12.4 Å². The van der Waals surface area contributed by atoms with Crippen LogP contribution in [0.25, 0.3) is 0 Å². The van der Waals surface area contributed by atoms with E-state index in [1.54, 1.807) is 17.0 Å². The maximum atomic E-state index is 12.8. The fourth-order valence-corrected chi connectivity index (χ4v) is 4.96. The van der Waals surface area contributed by atoms with Gasteiger partial charge in [-0.1, -0.05) is 12.5 Å². The van der Waals surface area contributed by atoms with Gasteiger partial charge in [0.1, 0.15) is 0 Å². The Morgan fingerprint density at radius 1 is 1.08 bits per heavy atom. The fourth-order valence-electron chi connectivity index (χ4n) is 3.46. The summed E-state index contributed by atoms with van der Waals surface area (Å²) in [4.78, 5) is 14.7. The van der Waals surface area contributed by atoms with Gasteiger partial charge in [-0.05, 0) is 56.5 Å². The van der Waals surface area contributed by atoms with E-state index < -0.39 is 10.0 Å². The first kappa shape index (κ1) is 21.2. The molecule has 0 aliphatic carbocycles. The average molecular weight is 402 g/mol. The van der Waals surface area contributed by atoms with Crippen molar-refractivity contribution in [3.05, 3.63) is 29.3 Å². The molecular weight excluding hydrogens is 374 g/mol. The molecule has 1 aromatic carbocycles. The summed E-state index contributed by atoms with van der Waals surface area (Å²) in [5.41, 5.74) is 2.05. The van der Waals surface area contributed by atoms with Gasteiger partial charge in [0.15, 0.2) is 0 Å². The van der Waals surface area contributed by atoms with Crippen molar-refractivity contribution in [3.63, 3.8) is 0 Å². The van der Waals surface area contributed by atoms with Gasteiger partial charge in [-0.3, -0.25) is 4.79 Å². The Morgan fingerprint density at radius 2 is 1.77 bits per heavy atom. The van der Waals surface area contributed by atoms with Crippen molar-refractivity contribution in [1.82, 2.24) is 14.5 Å². The lowest BCUT2D eigenvalue weighted by molar-refractivity contribution is -0.135. The molecule has 3 rings (SSSR count). The third kappa shape index (κ3) is 4.39. The molecule has 2 heterocycles. The van der Waals surface area contributed by atoms with Crippen LogP contribution in [-0.4, -0.2) is 62.3 Å². The minimum absolute atomic E-state index is 0. The Labute approximate surface area is 162 Å². The third-order valence-corrected chi connectivity index (χ3v) is 7.17. The first-order valence-corrected chi connectivity index (χ1v) is 10.4. The summed E-state index contributed by atoms with van der Waals surface area (Å²) >= 11 is 0. The Kier molecular flexibility index (Phi) is 7.07. The molecule has 0 spiro atoms. The van der Waals surface area contributed by atoms with Gasteiger partial charge in [0, 0.05) is 26.2 Å². The quantitative estimate of drug-likeness (QED) is 0.836. The highest BCUT2D eigenvalue weighted by molar-refractivity contribution is 7.89. The van der Waals surface area contributed by atoms with Crippen LogP contribution in [0.2, 0.25) is 0 Å². The molecule has 146 valence electrons. The normalized spacial score (nSPS) is 21.9. The van der Waals surface area contributed by atoms with Gasteiger partial charge < -0.3 is 10.2 Å². The van der Waals surface area contributed by atoms with Crippen molar-refractivity contribution in [2.24, 2.45) is 0 Å². The SMILES string of the molecule is Cc1ccc(S(=O)(=O)N2CCN(C(=O)C3CCCCN3)CC2)cc1C.Cl. The van der Waals surface area contributed by atoms with Gasteiger partial charge in [0.05, 0.1) is 10.9 Å². The highest BCUT2D eigenvalue weighted by atomic mass is 35.5. The molecule has 1 N–H and O–H groups in total. The Bertz CT molecular complexity index is 740. The van der Waals surface area contributed by atoms with Crippen LogP contribution in [0.5, 0.6) is 0 Å². The summed E-state index contributed by atoms with van der Waals surface area (Å²) < 4.78 is 27.2. The molecule has 1 aromatic rings. The van der Waals surface area contributed by atoms with Crippen molar-refractivity contribution in [2.45, 2.75) is 44.0 Å². The van der Waals surface area contributed by atoms with Crippen molar-refractivity contribution in [3.8, 4) is 0 Å². The number of nitrogens with one attached hydrogen (secondary N) is 1. The van der Waals surface area contributed by atoms with Gasteiger partial charge >= 0.3 is 0 Å². The zero-order chi connectivity index (χ0) is 18.0. The van der Waals surface area contributed by atoms with Gasteiger partial charge in [0.25, 0.3) is 0 Å². The van der Waals surface area contributed by atoms with Gasteiger partial charge in [-0.15, -0.1) is 12.4 Å². The molecule has 1 atom stereocenters. The number of hydrogen-bond donors (Lipinski definition) is 1. The van der Waals surface area contributed by atoms with Crippen LogP contribution in [0, 0.1) is 13.8 Å². The summed E-state index contributed by atoms with van der Waals surface area (Å²) in [7, 11) is -3.50. The Hall–Kier alpha value is -1.15. The van der Waals surface area contributed by atoms with E-state index in [1.165, 1.54) is 4.31 Å². The van der Waals surface area contributed by atoms with E-state index in [9.17, 15) is 13.2 Å². The Morgan fingerprint density at radius 3 is 2.35 bits per heavy atom. The number of carbonyl (C=O) groups excluding carboxylic acids is 1. The van der Waals surface area contributed by atoms with Crippen LogP contribution < -0.4 is 5.32 Å². The second-order valence-electron chi connectivity index (χ2n) is 6.98. The molecule has 2 saturated heterocycles. The van der Waals surface area contributed by atoms with Crippen LogP contribution in [0.1, 0.15) is 30.4 Å². The summed E-state index contributed by atoms with van der Waals surface area (Å²) in [6.45, 7) is 6.40. The van der Waals surface area contributed by atoms with Crippen molar-refractivity contribution < 1.29 is 13.2 Å². The van der Waals surface area contributed by atoms with Crippen LogP contribution in [-0.2, 0) is 14.8 Å². The fraction of sp³-hybridized carbons (Fsp3) is 0.611. The third-order valence-electron chi connectivity index (χ3n) is 5.27. The van der Waals surface area contributed by atoms with E-state index in [-0.39, 0.29) is 24.4 Å². The zero-order valence-electron chi connectivity index (χ0n) is 15.4. The molecule has 0 bridgehead atoms. The number of benzene rings is 1. The molecule has 2 aliphatic heterocycles. The summed E-state index contributed by atoms with van der Waals surface area (Å²) in [5.74, 6) is 0.114. The molecule has 0 aromatic heterocycles. The minimum atomic E-state index is -3.50. The van der Waals surface area contributed by atoms with Gasteiger partial charge in [0.2, 0.25) is 15.9 Å². The highest BCUT2D eigenvalue weighted by Crippen LogP contribution is 2.21. The number of aryl methyl sites for hydroxylation is 2. The van der Waals surface area contributed by atoms with E-state index in [0.717, 1.165) is 36.9 Å². The van der Waals surface area contributed by atoms with E-state index in [2.05, 4.69) is 5.32 Å². The number of amides is 1.